The van der Waals surface area contributed by atoms with Gasteiger partial charge in [-0.15, -0.1) is 0 Å². The number of H-pyrrole nitrogens is 1. The van der Waals surface area contributed by atoms with Gasteiger partial charge in [-0.05, 0) is 38.0 Å². The first-order chi connectivity index (χ1) is 11.8. The van der Waals surface area contributed by atoms with Crippen LogP contribution >= 0.6 is 11.8 Å². The molecule has 1 unspecified atom stereocenters. The number of halogens is 3. The largest absolute Gasteiger partial charge is 0.416 e. The molecule has 0 spiro atoms. The molecule has 2 heterocycles. The number of nitrogens with zero attached hydrogens (tertiary/aromatic N) is 2. The number of alkyl halides is 3. The first-order valence-electron chi connectivity index (χ1n) is 8.37. The molecule has 25 heavy (non-hydrogen) atoms. The van der Waals surface area contributed by atoms with Gasteiger partial charge in [0.25, 0.3) is 0 Å². The van der Waals surface area contributed by atoms with Crippen molar-refractivity contribution in [3.63, 3.8) is 0 Å². The number of likely N-dealkylation sites (tertiary alicyclic amines) is 1. The molecule has 1 aromatic carbocycles. The van der Waals surface area contributed by atoms with Crippen molar-refractivity contribution in [1.82, 2.24) is 14.9 Å². The fraction of sp³-hybridized carbons (Fsp3) is 0.529. The lowest BCUT2D eigenvalue weighted by molar-refractivity contribution is -0.137. The summed E-state index contributed by atoms with van der Waals surface area (Å²) >= 11 is 1.25. The molecule has 1 aliphatic rings. The summed E-state index contributed by atoms with van der Waals surface area (Å²) in [5.74, 6) is 0.0586. The zero-order valence-electron chi connectivity index (χ0n) is 13.9. The van der Waals surface area contributed by atoms with E-state index in [4.69, 9.17) is 0 Å². The molecular formula is C17H20F3N3OS. The number of carbonyl (C=O) groups excluding carboxylic acids is 1. The molecular weight excluding hydrogens is 351 g/mol. The zero-order valence-corrected chi connectivity index (χ0v) is 14.7. The minimum atomic E-state index is -4.39. The molecule has 1 saturated heterocycles. The first-order valence-corrected chi connectivity index (χ1v) is 9.25. The highest BCUT2D eigenvalue weighted by molar-refractivity contribution is 8.00. The Labute approximate surface area is 148 Å². The van der Waals surface area contributed by atoms with E-state index < -0.39 is 11.7 Å². The standard InChI is InChI=1S/C17H20F3N3OS/c1-11(15(24)23-8-4-2-3-5-9-23)25-16-21-13-7-6-12(17(18,19)20)10-14(13)22-16/h6-7,10-11H,2-5,8-9H2,1H3,(H,21,22). The van der Waals surface area contributed by atoms with Crippen molar-refractivity contribution in [3.8, 4) is 0 Å². The van der Waals surface area contributed by atoms with Gasteiger partial charge in [-0.2, -0.15) is 13.2 Å². The SMILES string of the molecule is CC(Sc1nc2ccc(C(F)(F)F)cc2[nH]1)C(=O)N1CCCCCC1. The van der Waals surface area contributed by atoms with Gasteiger partial charge < -0.3 is 9.88 Å². The predicted molar refractivity (Wildman–Crippen MR) is 91.5 cm³/mol. The molecule has 1 fully saturated rings. The fourth-order valence-electron chi connectivity index (χ4n) is 2.98. The molecule has 2 aromatic rings. The predicted octanol–water partition coefficient (Wildman–Crippen LogP) is 4.46. The summed E-state index contributed by atoms with van der Waals surface area (Å²) in [5, 5.41) is 0.130. The number of hydrogen-bond donors (Lipinski definition) is 1. The maximum Gasteiger partial charge on any atom is 0.416 e. The van der Waals surface area contributed by atoms with Crippen LogP contribution in [-0.4, -0.2) is 39.1 Å². The van der Waals surface area contributed by atoms with Crippen molar-refractivity contribution in [3.05, 3.63) is 23.8 Å². The van der Waals surface area contributed by atoms with Crippen LogP contribution in [0.4, 0.5) is 13.2 Å². The van der Waals surface area contributed by atoms with Crippen molar-refractivity contribution in [2.75, 3.05) is 13.1 Å². The average molecular weight is 371 g/mol. The molecule has 0 radical (unpaired) electrons. The van der Waals surface area contributed by atoms with E-state index in [-0.39, 0.29) is 11.2 Å². The van der Waals surface area contributed by atoms with Gasteiger partial charge in [-0.3, -0.25) is 4.79 Å². The lowest BCUT2D eigenvalue weighted by Gasteiger charge is -2.23. The molecule has 1 aromatic heterocycles. The molecule has 0 aliphatic carbocycles. The number of benzene rings is 1. The van der Waals surface area contributed by atoms with E-state index >= 15 is 0 Å². The van der Waals surface area contributed by atoms with Crippen molar-refractivity contribution < 1.29 is 18.0 Å². The molecule has 3 rings (SSSR count). The molecule has 0 saturated carbocycles. The van der Waals surface area contributed by atoms with E-state index in [0.29, 0.717) is 16.2 Å². The van der Waals surface area contributed by atoms with Crippen LogP contribution in [0.25, 0.3) is 11.0 Å². The quantitative estimate of drug-likeness (QED) is 0.810. The normalized spacial score (nSPS) is 17.5. The average Bonchev–Trinajstić information content (AvgIpc) is 2.77. The summed E-state index contributed by atoms with van der Waals surface area (Å²) in [6, 6.07) is 3.41. The van der Waals surface area contributed by atoms with Gasteiger partial charge in [-0.1, -0.05) is 24.6 Å². The number of aromatic amines is 1. The van der Waals surface area contributed by atoms with Gasteiger partial charge in [-0.25, -0.2) is 4.98 Å². The van der Waals surface area contributed by atoms with E-state index in [2.05, 4.69) is 9.97 Å². The van der Waals surface area contributed by atoms with Crippen molar-refractivity contribution in [2.45, 2.75) is 49.2 Å². The van der Waals surface area contributed by atoms with Crippen LogP contribution in [0.1, 0.15) is 38.2 Å². The third kappa shape index (κ3) is 4.29. The highest BCUT2D eigenvalue weighted by atomic mass is 32.2. The van der Waals surface area contributed by atoms with E-state index in [0.717, 1.165) is 50.9 Å². The number of carbonyl (C=O) groups is 1. The van der Waals surface area contributed by atoms with E-state index in [9.17, 15) is 18.0 Å². The molecule has 1 aliphatic heterocycles. The molecule has 136 valence electrons. The van der Waals surface area contributed by atoms with Crippen molar-refractivity contribution in [1.29, 1.82) is 0 Å². The van der Waals surface area contributed by atoms with Gasteiger partial charge >= 0.3 is 6.18 Å². The Kier molecular flexibility index (Phi) is 5.27. The van der Waals surface area contributed by atoms with Gasteiger partial charge in [0.05, 0.1) is 21.8 Å². The maximum atomic E-state index is 12.8. The Morgan fingerprint density at radius 2 is 1.92 bits per heavy atom. The fourth-order valence-corrected chi connectivity index (χ4v) is 3.89. The maximum absolute atomic E-state index is 12.8. The minimum Gasteiger partial charge on any atom is -0.342 e. The zero-order chi connectivity index (χ0) is 18.0. The molecule has 8 heteroatoms. The summed E-state index contributed by atoms with van der Waals surface area (Å²) in [5.41, 5.74) is 0.0746. The van der Waals surface area contributed by atoms with E-state index in [1.807, 2.05) is 11.8 Å². The molecule has 4 nitrogen and oxygen atoms in total. The summed E-state index contributed by atoms with van der Waals surface area (Å²) in [6.07, 6.45) is -0.0442. The van der Waals surface area contributed by atoms with Gasteiger partial charge in [0.2, 0.25) is 5.91 Å². The summed E-state index contributed by atoms with van der Waals surface area (Å²) in [7, 11) is 0. The van der Waals surface area contributed by atoms with E-state index in [1.165, 1.54) is 17.8 Å². The Bertz CT molecular complexity index is 751. The van der Waals surface area contributed by atoms with Crippen LogP contribution in [0.3, 0.4) is 0 Å². The highest BCUT2D eigenvalue weighted by Crippen LogP contribution is 2.32. The topological polar surface area (TPSA) is 49.0 Å². The summed E-state index contributed by atoms with van der Waals surface area (Å²) in [6.45, 7) is 3.36. The van der Waals surface area contributed by atoms with E-state index in [1.54, 1.807) is 0 Å². The number of nitrogens with one attached hydrogen (secondary N) is 1. The number of thioether (sulfide) groups is 1. The van der Waals surface area contributed by atoms with Crippen LogP contribution < -0.4 is 0 Å². The number of hydrogen-bond acceptors (Lipinski definition) is 3. The number of amides is 1. The van der Waals surface area contributed by atoms with Crippen LogP contribution in [-0.2, 0) is 11.0 Å². The summed E-state index contributed by atoms with van der Waals surface area (Å²) in [4.78, 5) is 21.6. The Morgan fingerprint density at radius 3 is 2.56 bits per heavy atom. The number of imidazole rings is 1. The second kappa shape index (κ2) is 7.27. The monoisotopic (exact) mass is 371 g/mol. The third-order valence-corrected chi connectivity index (χ3v) is 5.31. The van der Waals surface area contributed by atoms with Crippen LogP contribution in [0, 0.1) is 0 Å². The molecule has 1 amide bonds. The van der Waals surface area contributed by atoms with Crippen LogP contribution in [0.2, 0.25) is 0 Å². The lowest BCUT2D eigenvalue weighted by Crippen LogP contribution is -2.37. The number of aromatic nitrogens is 2. The molecule has 0 bridgehead atoms. The number of rotatable bonds is 3. The molecule has 1 atom stereocenters. The van der Waals surface area contributed by atoms with Gasteiger partial charge in [0, 0.05) is 13.1 Å². The minimum absolute atomic E-state index is 0.0586. The van der Waals surface area contributed by atoms with Crippen molar-refractivity contribution >= 4 is 28.7 Å². The Hall–Kier alpha value is -1.70. The second-order valence-corrected chi connectivity index (χ2v) is 7.60. The second-order valence-electron chi connectivity index (χ2n) is 6.27. The summed E-state index contributed by atoms with van der Waals surface area (Å²) < 4.78 is 38.4. The lowest BCUT2D eigenvalue weighted by atomic mass is 10.2. The third-order valence-electron chi connectivity index (χ3n) is 4.34. The van der Waals surface area contributed by atoms with Crippen molar-refractivity contribution in [2.24, 2.45) is 0 Å². The van der Waals surface area contributed by atoms with Gasteiger partial charge in [0.15, 0.2) is 5.16 Å². The van der Waals surface area contributed by atoms with Crippen LogP contribution in [0.5, 0.6) is 0 Å². The highest BCUT2D eigenvalue weighted by Gasteiger charge is 2.31. The number of fused-ring (bicyclic) bond motifs is 1. The smallest absolute Gasteiger partial charge is 0.342 e. The van der Waals surface area contributed by atoms with Crippen LogP contribution in [0.15, 0.2) is 23.4 Å². The molecule has 1 N–H and O–H groups in total. The Morgan fingerprint density at radius 1 is 1.24 bits per heavy atom. The Balaban J connectivity index is 1.72. The first kappa shape index (κ1) is 18.1. The van der Waals surface area contributed by atoms with Gasteiger partial charge in [0.1, 0.15) is 0 Å².